The molecule has 1 aromatic rings. The molecule has 32 heavy (non-hydrogen) atoms. The minimum absolute atomic E-state index is 0.0272. The second-order valence-electron chi connectivity index (χ2n) is 7.49. The first-order valence-corrected chi connectivity index (χ1v) is 11.3. The van der Waals surface area contributed by atoms with Gasteiger partial charge in [0.15, 0.2) is 0 Å². The minimum Gasteiger partial charge on any atom is -0.632 e. The molecule has 170 valence electrons. The van der Waals surface area contributed by atoms with Crippen molar-refractivity contribution in [2.45, 2.75) is 18.2 Å². The number of methoxy groups -OCH3 is 1. The zero-order chi connectivity index (χ0) is 23.1. The highest BCUT2D eigenvalue weighted by molar-refractivity contribution is 8.04. The molecule has 0 amide bonds. The van der Waals surface area contributed by atoms with Crippen molar-refractivity contribution >= 4 is 29.1 Å². The molecule has 1 heterocycles. The number of thioether (sulfide) groups is 1. The van der Waals surface area contributed by atoms with Crippen LogP contribution in [-0.4, -0.2) is 61.9 Å². The molecule has 1 aromatic carbocycles. The van der Waals surface area contributed by atoms with Crippen molar-refractivity contribution in [3.8, 4) is 6.07 Å². The molecule has 1 saturated carbocycles. The smallest absolute Gasteiger partial charge is 0.349 e. The highest BCUT2D eigenvalue weighted by atomic mass is 32.2. The Bertz CT molecular complexity index is 971. The predicted octanol–water partition coefficient (Wildman–Crippen LogP) is 3.38. The molecule has 2 fully saturated rings. The molecular formula is C23H28N4O4S. The van der Waals surface area contributed by atoms with Gasteiger partial charge in [0.25, 0.3) is 0 Å². The van der Waals surface area contributed by atoms with Gasteiger partial charge in [-0.1, -0.05) is 18.7 Å². The van der Waals surface area contributed by atoms with Gasteiger partial charge in [-0.15, -0.1) is 11.8 Å². The molecule has 3 atom stereocenters. The molecule has 9 heteroatoms. The fourth-order valence-electron chi connectivity index (χ4n) is 3.71. The third-order valence-corrected chi connectivity index (χ3v) is 6.70. The number of nitriles is 1. The molecule has 1 aliphatic carbocycles. The number of hydroxylamine groups is 3. The van der Waals surface area contributed by atoms with Crippen LogP contribution in [0.25, 0.3) is 0 Å². The molecule has 2 aliphatic rings. The summed E-state index contributed by atoms with van der Waals surface area (Å²) in [5, 5.41) is 29.4. The van der Waals surface area contributed by atoms with Crippen LogP contribution >= 0.6 is 11.8 Å². The zero-order valence-corrected chi connectivity index (χ0v) is 19.1. The number of benzene rings is 1. The summed E-state index contributed by atoms with van der Waals surface area (Å²) in [5.41, 5.74) is 2.40. The maximum Gasteiger partial charge on any atom is 0.349 e. The van der Waals surface area contributed by atoms with Crippen molar-refractivity contribution in [1.82, 2.24) is 0 Å². The largest absolute Gasteiger partial charge is 0.632 e. The van der Waals surface area contributed by atoms with Crippen molar-refractivity contribution < 1.29 is 18.9 Å². The fraction of sp³-hybridized carbons (Fsp3) is 0.391. The monoisotopic (exact) mass is 456 g/mol. The van der Waals surface area contributed by atoms with Gasteiger partial charge in [-0.25, -0.2) is 4.79 Å². The number of fused-ring (bicyclic) bond motifs is 1. The summed E-state index contributed by atoms with van der Waals surface area (Å²) >= 11 is 1.53. The number of anilines is 2. The van der Waals surface area contributed by atoms with E-state index in [4.69, 9.17) is 9.47 Å². The normalized spacial score (nSPS) is 26.5. The van der Waals surface area contributed by atoms with Crippen molar-refractivity contribution in [3.05, 3.63) is 64.4 Å². The third kappa shape index (κ3) is 5.34. The van der Waals surface area contributed by atoms with E-state index < -0.39 is 10.6 Å². The van der Waals surface area contributed by atoms with Crippen molar-refractivity contribution in [2.24, 2.45) is 0 Å². The lowest BCUT2D eigenvalue weighted by molar-refractivity contribution is -0.882. The van der Waals surface area contributed by atoms with Crippen molar-refractivity contribution in [3.63, 3.8) is 0 Å². The van der Waals surface area contributed by atoms with Crippen molar-refractivity contribution in [1.29, 1.82) is 5.26 Å². The van der Waals surface area contributed by atoms with Gasteiger partial charge in [0, 0.05) is 36.8 Å². The highest BCUT2D eigenvalue weighted by Crippen LogP contribution is 2.56. The third-order valence-electron chi connectivity index (χ3n) is 5.38. The van der Waals surface area contributed by atoms with Gasteiger partial charge < -0.3 is 30.0 Å². The van der Waals surface area contributed by atoms with Crippen LogP contribution in [0.2, 0.25) is 0 Å². The first kappa shape index (κ1) is 23.9. The van der Waals surface area contributed by atoms with Gasteiger partial charge in [0.1, 0.15) is 30.8 Å². The number of ether oxygens (including phenoxy) is 2. The topological polar surface area (TPSA) is 106 Å². The number of carbonyl (C=O) groups is 1. The minimum atomic E-state index is -0.693. The Hall–Kier alpha value is -2.77. The molecule has 2 N–H and O–H groups in total. The molecule has 0 radical (unpaired) electrons. The van der Waals surface area contributed by atoms with E-state index >= 15 is 0 Å². The first-order valence-electron chi connectivity index (χ1n) is 10.4. The van der Waals surface area contributed by atoms with Gasteiger partial charge in [-0.05, 0) is 25.1 Å². The predicted molar refractivity (Wildman–Crippen MR) is 127 cm³/mol. The number of rotatable bonds is 10. The molecule has 3 rings (SSSR count). The highest BCUT2D eigenvalue weighted by Gasteiger charge is 2.61. The Morgan fingerprint density at radius 1 is 1.47 bits per heavy atom. The number of hydrogen-bond acceptors (Lipinski definition) is 8. The Morgan fingerprint density at radius 3 is 2.94 bits per heavy atom. The van der Waals surface area contributed by atoms with Crippen LogP contribution in [0.3, 0.4) is 0 Å². The molecule has 0 aromatic heterocycles. The lowest BCUT2D eigenvalue weighted by Crippen LogP contribution is -2.48. The summed E-state index contributed by atoms with van der Waals surface area (Å²) in [4.78, 5) is 13.1. The molecule has 8 nitrogen and oxygen atoms in total. The number of likely N-dealkylation sites (N-methyl/N-ethyl adjacent to an activating group) is 1. The maximum absolute atomic E-state index is 13.5. The van der Waals surface area contributed by atoms with E-state index in [0.717, 1.165) is 16.3 Å². The van der Waals surface area contributed by atoms with E-state index in [-0.39, 0.29) is 30.0 Å². The van der Waals surface area contributed by atoms with Crippen LogP contribution < -0.4 is 10.6 Å². The van der Waals surface area contributed by atoms with Crippen LogP contribution in [-0.2, 0) is 14.3 Å². The van der Waals surface area contributed by atoms with E-state index in [1.807, 2.05) is 43.5 Å². The average molecular weight is 457 g/mol. The lowest BCUT2D eigenvalue weighted by Gasteiger charge is -2.45. The molecule has 3 unspecified atom stereocenters. The van der Waals surface area contributed by atoms with Gasteiger partial charge in [0.2, 0.25) is 0 Å². The summed E-state index contributed by atoms with van der Waals surface area (Å²) in [6.07, 6.45) is 3.29. The van der Waals surface area contributed by atoms with Gasteiger partial charge in [-0.3, -0.25) is 0 Å². The Kier molecular flexibility index (Phi) is 7.99. The lowest BCUT2D eigenvalue weighted by atomic mass is 10.2. The standard InChI is InChI=1S/C23H28N4O4S/c1-4-10-31-23(28)19(13-24)20-21-22(20)32-18(15-27(21,29)5-2)14-26-17-8-6-7-16(12-17)25-9-11-30-3/h4,6-8,12,14,21-22,25-26H,1,5,9-11,15H2,2-3H3/b18-14+,20-19?. The molecular weight excluding hydrogens is 428 g/mol. The Morgan fingerprint density at radius 2 is 2.25 bits per heavy atom. The summed E-state index contributed by atoms with van der Waals surface area (Å²) in [6.45, 7) is 7.32. The zero-order valence-electron chi connectivity index (χ0n) is 18.3. The van der Waals surface area contributed by atoms with Crippen LogP contribution in [0.1, 0.15) is 6.92 Å². The van der Waals surface area contributed by atoms with E-state index in [1.165, 1.54) is 17.8 Å². The first-order chi connectivity index (χ1) is 15.5. The van der Waals surface area contributed by atoms with Crippen molar-refractivity contribution in [2.75, 3.05) is 50.6 Å². The maximum atomic E-state index is 13.5. The SMILES string of the molecule is C=CCOC(=O)C(C#N)=C1C2S/C(=C/Nc3cccc(NCCOC)c3)C[N+]([O-])(CC)C12. The molecule has 0 bridgehead atoms. The number of nitrogens with one attached hydrogen (secondary N) is 2. The van der Waals surface area contributed by atoms with E-state index in [9.17, 15) is 15.3 Å². The van der Waals surface area contributed by atoms with Crippen LogP contribution in [0, 0.1) is 16.5 Å². The van der Waals surface area contributed by atoms with Crippen LogP contribution in [0.4, 0.5) is 11.4 Å². The number of hydrogen-bond donors (Lipinski definition) is 2. The van der Waals surface area contributed by atoms with E-state index in [2.05, 4.69) is 17.2 Å². The number of esters is 1. The quantitative estimate of drug-likeness (QED) is 0.105. The Labute approximate surface area is 192 Å². The van der Waals surface area contributed by atoms with E-state index in [1.54, 1.807) is 7.11 Å². The van der Waals surface area contributed by atoms with Crippen LogP contribution in [0.5, 0.6) is 0 Å². The van der Waals surface area contributed by atoms with Gasteiger partial charge >= 0.3 is 5.97 Å². The van der Waals surface area contributed by atoms with Crippen LogP contribution in [0.15, 0.2) is 59.2 Å². The summed E-state index contributed by atoms with van der Waals surface area (Å²) in [6, 6.07) is 9.40. The summed E-state index contributed by atoms with van der Waals surface area (Å²) in [7, 11) is 1.66. The van der Waals surface area contributed by atoms with Gasteiger partial charge in [-0.2, -0.15) is 5.26 Å². The summed E-state index contributed by atoms with van der Waals surface area (Å²) < 4.78 is 9.60. The number of carbonyl (C=O) groups excluding carboxylic acids is 1. The second kappa shape index (κ2) is 10.7. The molecule has 1 saturated heterocycles. The Balaban J connectivity index is 1.75. The number of quaternary nitrogens is 1. The number of nitrogens with zero attached hydrogens (tertiary/aromatic N) is 2. The second-order valence-corrected chi connectivity index (χ2v) is 8.76. The summed E-state index contributed by atoms with van der Waals surface area (Å²) in [5.74, 6) is -0.693. The molecule has 1 aliphatic heterocycles. The average Bonchev–Trinajstić information content (AvgIpc) is 3.52. The van der Waals surface area contributed by atoms with Gasteiger partial charge in [0.05, 0.1) is 23.3 Å². The molecule has 0 spiro atoms. The fourth-order valence-corrected chi connectivity index (χ4v) is 5.26. The van der Waals surface area contributed by atoms with E-state index in [0.29, 0.717) is 25.3 Å².